The maximum absolute atomic E-state index is 12.7. The van der Waals surface area contributed by atoms with Crippen LogP contribution in [0.4, 0.5) is 10.8 Å². The van der Waals surface area contributed by atoms with Crippen molar-refractivity contribution in [3.05, 3.63) is 75.5 Å². The molecule has 1 amide bonds. The van der Waals surface area contributed by atoms with Crippen LogP contribution in [-0.2, 0) is 0 Å². The van der Waals surface area contributed by atoms with Crippen LogP contribution in [-0.4, -0.2) is 24.0 Å². The van der Waals surface area contributed by atoms with Crippen LogP contribution in [0.15, 0.2) is 63.1 Å². The van der Waals surface area contributed by atoms with Crippen LogP contribution in [0.5, 0.6) is 0 Å². The predicted molar refractivity (Wildman–Crippen MR) is 126 cm³/mol. The van der Waals surface area contributed by atoms with E-state index in [-0.39, 0.29) is 5.56 Å². The largest absolute Gasteiger partial charge is 0.422 e. The van der Waals surface area contributed by atoms with E-state index in [2.05, 4.69) is 29.0 Å². The molecule has 0 aliphatic rings. The molecule has 158 valence electrons. The quantitative estimate of drug-likeness (QED) is 0.416. The van der Waals surface area contributed by atoms with E-state index in [0.29, 0.717) is 16.1 Å². The molecule has 2 heterocycles. The Morgan fingerprint density at radius 2 is 1.84 bits per heavy atom. The van der Waals surface area contributed by atoms with Crippen LogP contribution < -0.4 is 15.8 Å². The fourth-order valence-corrected chi connectivity index (χ4v) is 4.11. The number of fused-ring (bicyclic) bond motifs is 1. The minimum atomic E-state index is -0.669. The number of carbonyl (C=O) groups excluding carboxylic acids is 1. The van der Waals surface area contributed by atoms with Gasteiger partial charge in [0.05, 0.1) is 5.69 Å². The number of rotatable bonds is 6. The minimum absolute atomic E-state index is 0.0461. The molecule has 2 aromatic heterocycles. The molecule has 0 fully saturated rings. The molecule has 2 aromatic carbocycles. The van der Waals surface area contributed by atoms with E-state index in [1.54, 1.807) is 6.07 Å². The highest BCUT2D eigenvalue weighted by Crippen LogP contribution is 2.26. The monoisotopic (exact) mass is 433 g/mol. The van der Waals surface area contributed by atoms with E-state index < -0.39 is 11.5 Å². The minimum Gasteiger partial charge on any atom is -0.422 e. The lowest BCUT2D eigenvalue weighted by molar-refractivity contribution is 0.102. The van der Waals surface area contributed by atoms with Crippen molar-refractivity contribution in [1.82, 2.24) is 4.98 Å². The molecule has 0 unspecified atom stereocenters. The van der Waals surface area contributed by atoms with Crippen LogP contribution >= 0.6 is 11.3 Å². The van der Waals surface area contributed by atoms with Gasteiger partial charge in [0.15, 0.2) is 5.13 Å². The standard InChI is InChI=1S/C24H23N3O3S/c1-4-27(5-2)18-11-10-17-12-19(23(29)30-21(17)13-18)22(28)26-24-25-20(14-31-24)16-8-6-15(3)7-9-16/h6-14H,4-5H2,1-3H3,(H,25,26,28). The van der Waals surface area contributed by atoms with Gasteiger partial charge >= 0.3 is 5.63 Å². The Kier molecular flexibility index (Phi) is 5.86. The number of nitrogens with zero attached hydrogens (tertiary/aromatic N) is 2. The third-order valence-electron chi connectivity index (χ3n) is 5.16. The second kappa shape index (κ2) is 8.73. The summed E-state index contributed by atoms with van der Waals surface area (Å²) in [4.78, 5) is 31.8. The highest BCUT2D eigenvalue weighted by Gasteiger charge is 2.16. The molecule has 0 saturated carbocycles. The van der Waals surface area contributed by atoms with Crippen molar-refractivity contribution in [2.45, 2.75) is 20.8 Å². The molecule has 0 spiro atoms. The van der Waals surface area contributed by atoms with Gasteiger partial charge in [-0.05, 0) is 39.0 Å². The van der Waals surface area contributed by atoms with Crippen molar-refractivity contribution >= 4 is 39.0 Å². The van der Waals surface area contributed by atoms with Gasteiger partial charge in [-0.15, -0.1) is 11.3 Å². The number of hydrogen-bond acceptors (Lipinski definition) is 6. The van der Waals surface area contributed by atoms with Gasteiger partial charge < -0.3 is 9.32 Å². The number of nitrogens with one attached hydrogen (secondary N) is 1. The van der Waals surface area contributed by atoms with Crippen LogP contribution in [0, 0.1) is 6.92 Å². The van der Waals surface area contributed by atoms with Gasteiger partial charge in [0.1, 0.15) is 11.1 Å². The summed E-state index contributed by atoms with van der Waals surface area (Å²) in [5.41, 5.74) is 3.63. The van der Waals surface area contributed by atoms with Crippen molar-refractivity contribution in [2.24, 2.45) is 0 Å². The highest BCUT2D eigenvalue weighted by molar-refractivity contribution is 7.14. The Labute approximate surface area is 184 Å². The van der Waals surface area contributed by atoms with Crippen molar-refractivity contribution in [2.75, 3.05) is 23.3 Å². The van der Waals surface area contributed by atoms with E-state index in [1.807, 2.05) is 54.8 Å². The Bertz CT molecular complexity index is 1290. The second-order valence-electron chi connectivity index (χ2n) is 7.20. The molecule has 0 aliphatic heterocycles. The molecular formula is C24H23N3O3S. The highest BCUT2D eigenvalue weighted by atomic mass is 32.1. The first-order valence-corrected chi connectivity index (χ1v) is 11.0. The smallest absolute Gasteiger partial charge is 0.349 e. The molecule has 0 saturated heterocycles. The normalized spacial score (nSPS) is 10.9. The van der Waals surface area contributed by atoms with Gasteiger partial charge in [-0.25, -0.2) is 9.78 Å². The summed E-state index contributed by atoms with van der Waals surface area (Å²) in [5.74, 6) is -0.534. The van der Waals surface area contributed by atoms with E-state index in [9.17, 15) is 9.59 Å². The van der Waals surface area contributed by atoms with Crippen molar-refractivity contribution in [3.8, 4) is 11.3 Å². The Balaban J connectivity index is 1.58. The molecule has 1 N–H and O–H groups in total. The molecule has 7 heteroatoms. The number of anilines is 2. The molecule has 0 radical (unpaired) electrons. The third-order valence-corrected chi connectivity index (χ3v) is 5.92. The van der Waals surface area contributed by atoms with Gasteiger partial charge in [-0.2, -0.15) is 0 Å². The van der Waals surface area contributed by atoms with E-state index in [1.165, 1.54) is 16.9 Å². The Morgan fingerprint density at radius 3 is 2.55 bits per heavy atom. The van der Waals surface area contributed by atoms with Crippen molar-refractivity contribution < 1.29 is 9.21 Å². The van der Waals surface area contributed by atoms with Crippen LogP contribution in [0.25, 0.3) is 22.2 Å². The number of hydrogen-bond donors (Lipinski definition) is 1. The zero-order valence-corrected chi connectivity index (χ0v) is 18.5. The van der Waals surface area contributed by atoms with Crippen LogP contribution in [0.2, 0.25) is 0 Å². The summed E-state index contributed by atoms with van der Waals surface area (Å²) in [6, 6.07) is 15.2. The van der Waals surface area contributed by atoms with Gasteiger partial charge in [-0.3, -0.25) is 10.1 Å². The maximum atomic E-state index is 12.7. The zero-order valence-electron chi connectivity index (χ0n) is 17.6. The number of carbonyl (C=O) groups is 1. The number of benzene rings is 2. The predicted octanol–water partition coefficient (Wildman–Crippen LogP) is 5.32. The van der Waals surface area contributed by atoms with Crippen molar-refractivity contribution in [3.63, 3.8) is 0 Å². The average Bonchev–Trinajstić information content (AvgIpc) is 3.23. The number of aryl methyl sites for hydroxylation is 1. The van der Waals surface area contributed by atoms with Crippen molar-refractivity contribution in [1.29, 1.82) is 0 Å². The number of aromatic nitrogens is 1. The second-order valence-corrected chi connectivity index (χ2v) is 8.06. The maximum Gasteiger partial charge on any atom is 0.349 e. The molecule has 6 nitrogen and oxygen atoms in total. The first kappa shape index (κ1) is 20.8. The zero-order chi connectivity index (χ0) is 22.0. The lowest BCUT2D eigenvalue weighted by Crippen LogP contribution is -2.22. The van der Waals surface area contributed by atoms with Crippen LogP contribution in [0.1, 0.15) is 29.8 Å². The number of amides is 1. The molecule has 0 bridgehead atoms. The van der Waals surface area contributed by atoms with Gasteiger partial charge in [0.25, 0.3) is 5.91 Å². The summed E-state index contributed by atoms with van der Waals surface area (Å²) in [5, 5.41) is 5.71. The molecule has 0 atom stereocenters. The summed E-state index contributed by atoms with van der Waals surface area (Å²) < 4.78 is 5.46. The fourth-order valence-electron chi connectivity index (χ4n) is 3.40. The lowest BCUT2D eigenvalue weighted by Gasteiger charge is -2.20. The van der Waals surface area contributed by atoms with Crippen LogP contribution in [0.3, 0.4) is 0 Å². The van der Waals surface area contributed by atoms with E-state index >= 15 is 0 Å². The molecule has 0 aliphatic carbocycles. The van der Waals surface area contributed by atoms with E-state index in [0.717, 1.165) is 30.0 Å². The molecule has 4 rings (SSSR count). The first-order chi connectivity index (χ1) is 15.0. The van der Waals surface area contributed by atoms with Gasteiger partial charge in [-0.1, -0.05) is 29.8 Å². The van der Waals surface area contributed by atoms with Gasteiger partial charge in [0.2, 0.25) is 0 Å². The molecule has 4 aromatic rings. The number of thiazole rings is 1. The summed E-state index contributed by atoms with van der Waals surface area (Å²) >= 11 is 1.31. The summed E-state index contributed by atoms with van der Waals surface area (Å²) in [7, 11) is 0. The Hall–Kier alpha value is -3.45. The fraction of sp³-hybridized carbons (Fsp3) is 0.208. The summed E-state index contributed by atoms with van der Waals surface area (Å²) in [6.07, 6.45) is 0. The third kappa shape index (κ3) is 4.36. The topological polar surface area (TPSA) is 75.4 Å². The molecular weight excluding hydrogens is 410 g/mol. The molecule has 31 heavy (non-hydrogen) atoms. The van der Waals surface area contributed by atoms with E-state index in [4.69, 9.17) is 4.42 Å². The average molecular weight is 434 g/mol. The van der Waals surface area contributed by atoms with Gasteiger partial charge in [0, 0.05) is 41.2 Å². The first-order valence-electron chi connectivity index (χ1n) is 10.1. The lowest BCUT2D eigenvalue weighted by atomic mass is 10.1. The SMILES string of the molecule is CCN(CC)c1ccc2cc(C(=O)Nc3nc(-c4ccc(C)cc4)cs3)c(=O)oc2c1. The Morgan fingerprint density at radius 1 is 1.10 bits per heavy atom. The summed E-state index contributed by atoms with van der Waals surface area (Å²) in [6.45, 7) is 7.87.